The maximum Gasteiger partial charge on any atom is 1.00 e. The molecular weight excluding hydrogens is 653 g/mol. The van der Waals surface area contributed by atoms with Gasteiger partial charge < -0.3 is 4.55 Å². The minimum atomic E-state index is -9.47. The Hall–Kier alpha value is -0.630. The Kier molecular flexibility index (Phi) is 10.1. The summed E-state index contributed by atoms with van der Waals surface area (Å²) in [5, 5.41) is -8.21. The normalized spacial score (nSPS) is 16.5. The zero-order valence-electron chi connectivity index (χ0n) is 16.5. The van der Waals surface area contributed by atoms with E-state index >= 15 is 0 Å². The van der Waals surface area contributed by atoms with Crippen LogP contribution in [0.1, 0.15) is 0 Å². The summed E-state index contributed by atoms with van der Waals surface area (Å²) < 4.78 is 316. The molecule has 27 heteroatoms. The van der Waals surface area contributed by atoms with Crippen molar-refractivity contribution in [1.82, 2.24) is 0 Å². The molecule has 0 bridgehead atoms. The van der Waals surface area contributed by atoms with Crippen molar-refractivity contribution >= 4 is 10.1 Å². The van der Waals surface area contributed by atoms with Gasteiger partial charge in [-0.05, 0) is 0 Å². The van der Waals surface area contributed by atoms with E-state index in [1.807, 2.05) is 0 Å². The van der Waals surface area contributed by atoms with Crippen molar-refractivity contribution in [3.05, 3.63) is 0 Å². The number of hydrogen-bond acceptors (Lipinski definition) is 3. The molecule has 0 aliphatic carbocycles. The van der Waals surface area contributed by atoms with Gasteiger partial charge in [0.15, 0.2) is 10.1 Å². The largest absolute Gasteiger partial charge is 1.00 e. The van der Waals surface area contributed by atoms with Crippen LogP contribution in [-0.2, 0) is 10.1 Å². The molecule has 38 heavy (non-hydrogen) atoms. The van der Waals surface area contributed by atoms with Crippen molar-refractivity contribution in [3.8, 4) is 0 Å². The van der Waals surface area contributed by atoms with E-state index in [9.17, 15) is 110 Å². The Morgan fingerprint density at radius 1 is 0.421 bits per heavy atom. The molecule has 0 amide bonds. The van der Waals surface area contributed by atoms with Gasteiger partial charge >= 0.3 is 94.5 Å². The second kappa shape index (κ2) is 9.73. The third-order valence-corrected chi connectivity index (χ3v) is 5.02. The molecule has 0 spiro atoms. The molecule has 224 valence electrons. The van der Waals surface area contributed by atoms with Gasteiger partial charge in [-0.2, -0.15) is 87.8 Å². The molecule has 0 aromatic heterocycles. The van der Waals surface area contributed by atoms with Gasteiger partial charge in [-0.15, -0.1) is 0 Å². The maximum atomic E-state index is 13.4. The molecule has 0 aliphatic heterocycles. The Morgan fingerprint density at radius 2 is 0.605 bits per heavy atom. The van der Waals surface area contributed by atoms with Crippen molar-refractivity contribution in [2.45, 2.75) is 65.0 Å². The summed E-state index contributed by atoms with van der Waals surface area (Å²) in [6.45, 7) is 0. The second-order valence-electron chi connectivity index (χ2n) is 6.49. The maximum absolute atomic E-state index is 13.4. The smallest absolute Gasteiger partial charge is 0.743 e. The molecule has 0 heterocycles. The summed E-state index contributed by atoms with van der Waals surface area (Å²) in [5.41, 5.74) is 0. The minimum Gasteiger partial charge on any atom is -0.743 e. The van der Waals surface area contributed by atoms with Crippen LogP contribution in [0, 0.1) is 0 Å². The zero-order chi connectivity index (χ0) is 31.1. The molecule has 0 aromatic carbocycles. The molecular formula is C11HF22NaO3S. The SMILES string of the molecule is O=S(=O)([O-])C(F)(F)C(F)(F)C(F)(F)C(F)(F)C(F)(F)C(F)(F)C(F)(F)C(F)(F)C(F)(F)C(F)(F)C(F)F.[Na+]. The van der Waals surface area contributed by atoms with Crippen LogP contribution in [0.3, 0.4) is 0 Å². The fourth-order valence-corrected chi connectivity index (χ4v) is 2.31. The summed E-state index contributed by atoms with van der Waals surface area (Å²) in [4.78, 5) is 0. The molecule has 0 saturated heterocycles. The van der Waals surface area contributed by atoms with Gasteiger partial charge in [0.25, 0.3) is 0 Å². The Balaban J connectivity index is 0. The molecule has 0 rings (SSSR count). The predicted octanol–water partition coefficient (Wildman–Crippen LogP) is 3.11. The average molecular weight is 654 g/mol. The van der Waals surface area contributed by atoms with Gasteiger partial charge in [0.2, 0.25) is 0 Å². The minimum absolute atomic E-state index is 0. The average Bonchev–Trinajstić information content (AvgIpc) is 2.65. The van der Waals surface area contributed by atoms with Gasteiger partial charge in [0, 0.05) is 0 Å². The van der Waals surface area contributed by atoms with Gasteiger partial charge in [-0.3, -0.25) is 0 Å². The number of hydrogen-bond donors (Lipinski definition) is 0. The van der Waals surface area contributed by atoms with Crippen molar-refractivity contribution < 1.29 is 139 Å². The van der Waals surface area contributed by atoms with Crippen LogP contribution in [0.15, 0.2) is 0 Å². The van der Waals surface area contributed by atoms with Crippen molar-refractivity contribution in [2.75, 3.05) is 0 Å². The van der Waals surface area contributed by atoms with E-state index < -0.39 is 75.1 Å². The van der Waals surface area contributed by atoms with E-state index in [1.54, 1.807) is 0 Å². The molecule has 0 saturated carbocycles. The Morgan fingerprint density at radius 3 is 0.789 bits per heavy atom. The quantitative estimate of drug-likeness (QED) is 0.196. The number of halogens is 22. The zero-order valence-corrected chi connectivity index (χ0v) is 19.3. The van der Waals surface area contributed by atoms with Crippen LogP contribution >= 0.6 is 0 Å². The van der Waals surface area contributed by atoms with E-state index in [-0.39, 0.29) is 29.6 Å². The first kappa shape index (κ1) is 39.5. The predicted molar refractivity (Wildman–Crippen MR) is 65.2 cm³/mol. The van der Waals surface area contributed by atoms with Crippen LogP contribution in [0.5, 0.6) is 0 Å². The Labute approximate surface area is 214 Å². The summed E-state index contributed by atoms with van der Waals surface area (Å²) in [5.74, 6) is -81.4. The van der Waals surface area contributed by atoms with E-state index in [0.717, 1.165) is 0 Å². The number of alkyl halides is 22. The van der Waals surface area contributed by atoms with Gasteiger partial charge in [0.05, 0.1) is 0 Å². The van der Waals surface area contributed by atoms with Crippen LogP contribution in [0.25, 0.3) is 0 Å². The van der Waals surface area contributed by atoms with E-state index in [1.165, 1.54) is 0 Å². The molecule has 0 atom stereocenters. The van der Waals surface area contributed by atoms with Crippen LogP contribution < -0.4 is 29.6 Å². The summed E-state index contributed by atoms with van der Waals surface area (Å²) in [6.07, 6.45) is -6.25. The van der Waals surface area contributed by atoms with Crippen LogP contribution in [0.2, 0.25) is 0 Å². The fourth-order valence-electron chi connectivity index (χ4n) is 1.87. The van der Waals surface area contributed by atoms with Gasteiger partial charge in [0.1, 0.15) is 0 Å². The molecule has 0 fully saturated rings. The topological polar surface area (TPSA) is 57.2 Å². The molecule has 3 nitrogen and oxygen atoms in total. The third kappa shape index (κ3) is 4.59. The first-order chi connectivity index (χ1) is 15.4. The van der Waals surface area contributed by atoms with Crippen LogP contribution in [0.4, 0.5) is 96.6 Å². The summed E-state index contributed by atoms with van der Waals surface area (Å²) in [7, 11) is -8.38. The molecule has 0 unspecified atom stereocenters. The van der Waals surface area contributed by atoms with Crippen molar-refractivity contribution in [1.29, 1.82) is 0 Å². The van der Waals surface area contributed by atoms with Crippen molar-refractivity contribution in [2.24, 2.45) is 0 Å². The second-order valence-corrected chi connectivity index (χ2v) is 7.91. The first-order valence-corrected chi connectivity index (χ1v) is 8.87. The van der Waals surface area contributed by atoms with Gasteiger partial charge in [-0.1, -0.05) is 0 Å². The fraction of sp³-hybridized carbons (Fsp3) is 1.00. The van der Waals surface area contributed by atoms with Crippen LogP contribution in [-0.4, -0.2) is 78.0 Å². The van der Waals surface area contributed by atoms with Crippen molar-refractivity contribution in [3.63, 3.8) is 0 Å². The number of rotatable bonds is 11. The molecule has 0 radical (unpaired) electrons. The Bertz CT molecular complexity index is 971. The van der Waals surface area contributed by atoms with E-state index in [4.69, 9.17) is 0 Å². The van der Waals surface area contributed by atoms with E-state index in [2.05, 4.69) is 0 Å². The van der Waals surface area contributed by atoms with Gasteiger partial charge in [-0.25, -0.2) is 17.2 Å². The van der Waals surface area contributed by atoms with E-state index in [0.29, 0.717) is 0 Å². The monoisotopic (exact) mass is 654 g/mol. The molecule has 0 N–H and O–H groups in total. The summed E-state index contributed by atoms with van der Waals surface area (Å²) >= 11 is 0. The molecule has 0 aliphatic rings. The standard InChI is InChI=1S/C11H2F22O3S.Na/c12-1(13)2(14,15)3(16,17)4(18,19)5(20,21)6(22,23)7(24,25)8(26,27)9(28,29)10(30,31)11(32,33)37(34,35)36;/h1H,(H,34,35,36);/q;+1/p-1. The third-order valence-electron chi connectivity index (χ3n) is 4.13. The first-order valence-electron chi connectivity index (χ1n) is 7.46. The summed E-state index contributed by atoms with van der Waals surface area (Å²) in [6, 6.07) is 0. The molecule has 0 aromatic rings.